The summed E-state index contributed by atoms with van der Waals surface area (Å²) in [6.45, 7) is 9.16. The topological polar surface area (TPSA) is 38.9 Å². The Labute approximate surface area is 103 Å². The Kier molecular flexibility index (Phi) is 4.93. The van der Waals surface area contributed by atoms with Crippen LogP contribution >= 0.6 is 11.3 Å². The molecule has 92 valence electrons. The highest BCUT2D eigenvalue weighted by Gasteiger charge is 2.17. The van der Waals surface area contributed by atoms with Gasteiger partial charge in [-0.15, -0.1) is 11.3 Å². The number of aromatic nitrogens is 1. The van der Waals surface area contributed by atoms with Crippen molar-refractivity contribution in [2.75, 3.05) is 0 Å². The second-order valence-corrected chi connectivity index (χ2v) is 6.97. The second-order valence-electron chi connectivity index (χ2n) is 6.00. The van der Waals surface area contributed by atoms with Gasteiger partial charge in [0.05, 0.1) is 5.01 Å². The van der Waals surface area contributed by atoms with Crippen LogP contribution in [0.5, 0.6) is 0 Å². The summed E-state index contributed by atoms with van der Waals surface area (Å²) in [5.74, 6) is 0.690. The van der Waals surface area contributed by atoms with Gasteiger partial charge < -0.3 is 5.73 Å². The molecule has 2 N–H and O–H groups in total. The van der Waals surface area contributed by atoms with E-state index in [-0.39, 0.29) is 6.04 Å². The number of rotatable bonds is 5. The maximum atomic E-state index is 6.15. The van der Waals surface area contributed by atoms with E-state index in [0.717, 1.165) is 17.8 Å². The van der Waals surface area contributed by atoms with Gasteiger partial charge in [0.1, 0.15) is 0 Å². The minimum atomic E-state index is 0.253. The van der Waals surface area contributed by atoms with E-state index >= 15 is 0 Å². The Morgan fingerprint density at radius 1 is 1.44 bits per heavy atom. The molecule has 0 aliphatic rings. The molecular formula is C13H24N2S. The summed E-state index contributed by atoms with van der Waals surface area (Å²) in [5, 5.41) is 3.18. The van der Waals surface area contributed by atoms with Crippen LogP contribution < -0.4 is 5.73 Å². The normalized spacial score (nSPS) is 16.1. The number of hydrogen-bond acceptors (Lipinski definition) is 3. The van der Waals surface area contributed by atoms with E-state index in [1.54, 1.807) is 11.3 Å². The van der Waals surface area contributed by atoms with E-state index in [1.807, 2.05) is 11.6 Å². The van der Waals surface area contributed by atoms with Gasteiger partial charge in [-0.25, -0.2) is 4.98 Å². The van der Waals surface area contributed by atoms with Crippen molar-refractivity contribution < 1.29 is 0 Å². The van der Waals surface area contributed by atoms with Crippen molar-refractivity contribution in [2.24, 2.45) is 17.1 Å². The first-order valence-corrected chi connectivity index (χ1v) is 6.89. The van der Waals surface area contributed by atoms with E-state index in [2.05, 4.69) is 32.7 Å². The van der Waals surface area contributed by atoms with E-state index in [9.17, 15) is 0 Å². The molecule has 0 spiro atoms. The van der Waals surface area contributed by atoms with Gasteiger partial charge in [-0.05, 0) is 24.2 Å². The molecule has 1 aromatic heterocycles. The predicted molar refractivity (Wildman–Crippen MR) is 71.6 cm³/mol. The van der Waals surface area contributed by atoms with E-state index < -0.39 is 0 Å². The highest BCUT2D eigenvalue weighted by Crippen LogP contribution is 2.26. The fraction of sp³-hybridized carbons (Fsp3) is 0.769. The summed E-state index contributed by atoms with van der Waals surface area (Å²) in [6, 6.07) is 0.253. The number of nitrogens with zero attached hydrogens (tertiary/aromatic N) is 1. The smallest absolute Gasteiger partial charge is 0.0940 e. The molecule has 1 rings (SSSR count). The Morgan fingerprint density at radius 3 is 2.62 bits per heavy atom. The first-order valence-electron chi connectivity index (χ1n) is 6.01. The molecule has 3 heteroatoms. The van der Waals surface area contributed by atoms with Gasteiger partial charge >= 0.3 is 0 Å². The summed E-state index contributed by atoms with van der Waals surface area (Å²) >= 11 is 1.70. The first-order chi connectivity index (χ1) is 7.37. The number of thiazole rings is 1. The molecule has 1 aromatic rings. The van der Waals surface area contributed by atoms with Gasteiger partial charge in [0.25, 0.3) is 0 Å². The molecule has 0 radical (unpaired) electrons. The number of hydrogen-bond donors (Lipinski definition) is 1. The third-order valence-corrected chi connectivity index (χ3v) is 3.39. The molecule has 0 aliphatic heterocycles. The molecule has 16 heavy (non-hydrogen) atoms. The van der Waals surface area contributed by atoms with Crippen molar-refractivity contribution in [1.82, 2.24) is 4.98 Å². The highest BCUT2D eigenvalue weighted by atomic mass is 32.1. The van der Waals surface area contributed by atoms with Crippen molar-refractivity contribution in [1.29, 1.82) is 0 Å². The van der Waals surface area contributed by atoms with Gasteiger partial charge in [-0.1, -0.05) is 27.7 Å². The lowest BCUT2D eigenvalue weighted by atomic mass is 9.83. The first kappa shape index (κ1) is 13.7. The average molecular weight is 240 g/mol. The molecule has 0 amide bonds. The fourth-order valence-electron chi connectivity index (χ4n) is 2.31. The summed E-state index contributed by atoms with van der Waals surface area (Å²) in [4.78, 5) is 4.28. The summed E-state index contributed by atoms with van der Waals surface area (Å²) in [6.07, 6.45) is 5.10. The van der Waals surface area contributed by atoms with Gasteiger partial charge in [0, 0.05) is 24.0 Å². The van der Waals surface area contributed by atoms with Crippen LogP contribution in [0, 0.1) is 11.3 Å². The SMILES string of the molecule is CC(CC(N)Cc1nccs1)CC(C)(C)C. The summed E-state index contributed by atoms with van der Waals surface area (Å²) < 4.78 is 0. The van der Waals surface area contributed by atoms with Crippen molar-refractivity contribution in [2.45, 2.75) is 53.0 Å². The van der Waals surface area contributed by atoms with Crippen LogP contribution in [0.4, 0.5) is 0 Å². The van der Waals surface area contributed by atoms with Crippen LogP contribution in [0.2, 0.25) is 0 Å². The van der Waals surface area contributed by atoms with Gasteiger partial charge in [0.2, 0.25) is 0 Å². The summed E-state index contributed by atoms with van der Waals surface area (Å²) in [7, 11) is 0. The largest absolute Gasteiger partial charge is 0.327 e. The molecule has 0 bridgehead atoms. The Bertz CT molecular complexity index is 287. The van der Waals surface area contributed by atoms with Crippen molar-refractivity contribution >= 4 is 11.3 Å². The van der Waals surface area contributed by atoms with Crippen molar-refractivity contribution in [3.8, 4) is 0 Å². The standard InChI is InChI=1S/C13H24N2S/c1-10(9-13(2,3)4)7-11(14)8-12-15-5-6-16-12/h5-6,10-11H,7-9,14H2,1-4H3. The lowest BCUT2D eigenvalue weighted by Gasteiger charge is -2.25. The second kappa shape index (κ2) is 5.78. The van der Waals surface area contributed by atoms with Crippen LogP contribution in [0.15, 0.2) is 11.6 Å². The Hall–Kier alpha value is -0.410. The number of nitrogens with two attached hydrogens (primary N) is 1. The molecule has 2 unspecified atom stereocenters. The van der Waals surface area contributed by atoms with Crippen LogP contribution in [-0.2, 0) is 6.42 Å². The monoisotopic (exact) mass is 240 g/mol. The Morgan fingerprint density at radius 2 is 2.12 bits per heavy atom. The van der Waals surface area contributed by atoms with Crippen LogP contribution in [-0.4, -0.2) is 11.0 Å². The fourth-order valence-corrected chi connectivity index (χ4v) is 3.02. The zero-order valence-corrected chi connectivity index (χ0v) is 11.7. The zero-order valence-electron chi connectivity index (χ0n) is 10.9. The van der Waals surface area contributed by atoms with E-state index in [4.69, 9.17) is 5.73 Å². The molecule has 2 atom stereocenters. The molecule has 0 fully saturated rings. The van der Waals surface area contributed by atoms with Crippen LogP contribution in [0.1, 0.15) is 45.5 Å². The Balaban J connectivity index is 2.31. The van der Waals surface area contributed by atoms with Crippen molar-refractivity contribution in [3.63, 3.8) is 0 Å². The van der Waals surface area contributed by atoms with Gasteiger partial charge in [-0.3, -0.25) is 0 Å². The van der Waals surface area contributed by atoms with Gasteiger partial charge in [0.15, 0.2) is 0 Å². The van der Waals surface area contributed by atoms with E-state index in [1.165, 1.54) is 6.42 Å². The molecule has 0 saturated carbocycles. The third-order valence-electron chi connectivity index (χ3n) is 2.59. The highest BCUT2D eigenvalue weighted by molar-refractivity contribution is 7.09. The maximum absolute atomic E-state index is 6.15. The minimum Gasteiger partial charge on any atom is -0.327 e. The maximum Gasteiger partial charge on any atom is 0.0940 e. The van der Waals surface area contributed by atoms with Gasteiger partial charge in [-0.2, -0.15) is 0 Å². The average Bonchev–Trinajstić information content (AvgIpc) is 2.51. The van der Waals surface area contributed by atoms with E-state index in [0.29, 0.717) is 11.3 Å². The predicted octanol–water partition coefficient (Wildman–Crippen LogP) is 3.48. The molecule has 2 nitrogen and oxygen atoms in total. The molecule has 0 saturated heterocycles. The van der Waals surface area contributed by atoms with Crippen LogP contribution in [0.25, 0.3) is 0 Å². The lowest BCUT2D eigenvalue weighted by Crippen LogP contribution is -2.26. The molecule has 0 aromatic carbocycles. The van der Waals surface area contributed by atoms with Crippen molar-refractivity contribution in [3.05, 3.63) is 16.6 Å². The minimum absolute atomic E-state index is 0.253. The molecular weight excluding hydrogens is 216 g/mol. The van der Waals surface area contributed by atoms with Crippen LogP contribution in [0.3, 0.4) is 0 Å². The lowest BCUT2D eigenvalue weighted by molar-refractivity contribution is 0.285. The summed E-state index contributed by atoms with van der Waals surface area (Å²) in [5.41, 5.74) is 6.55. The molecule has 1 heterocycles. The zero-order chi connectivity index (χ0) is 12.2. The molecule has 0 aliphatic carbocycles. The quantitative estimate of drug-likeness (QED) is 0.856. The third kappa shape index (κ3) is 5.61.